The molecule has 2 amide bonds. The Morgan fingerprint density at radius 1 is 1.00 bits per heavy atom. The molecule has 2 aromatic rings. The van der Waals surface area contributed by atoms with E-state index in [-0.39, 0.29) is 6.03 Å². The van der Waals surface area contributed by atoms with Crippen molar-refractivity contribution >= 4 is 33.1 Å². The maximum Gasteiger partial charge on any atom is 0.323 e. The van der Waals surface area contributed by atoms with Gasteiger partial charge in [0.15, 0.2) is 0 Å². The molecule has 0 fully saturated rings. The summed E-state index contributed by atoms with van der Waals surface area (Å²) >= 11 is 0. The van der Waals surface area contributed by atoms with Crippen LogP contribution in [0.2, 0.25) is 0 Å². The number of hydrogen-bond acceptors (Lipinski definition) is 3. The molecule has 2 N–H and O–H groups in total. The van der Waals surface area contributed by atoms with Gasteiger partial charge in [0.25, 0.3) is 0 Å². The molecule has 26 heavy (non-hydrogen) atoms. The van der Waals surface area contributed by atoms with Crippen molar-refractivity contribution in [2.75, 3.05) is 27.7 Å². The van der Waals surface area contributed by atoms with Crippen molar-refractivity contribution in [1.82, 2.24) is 0 Å². The fourth-order valence-electron chi connectivity index (χ4n) is 3.08. The Kier molecular flexibility index (Phi) is 4.91. The minimum atomic E-state index is -3.34. The zero-order chi connectivity index (χ0) is 18.9. The van der Waals surface area contributed by atoms with Crippen molar-refractivity contribution in [2.24, 2.45) is 0 Å². The van der Waals surface area contributed by atoms with E-state index < -0.39 is 10.0 Å². The Morgan fingerprint density at radius 3 is 2.31 bits per heavy atom. The number of amides is 2. The first-order valence-electron chi connectivity index (χ1n) is 8.50. The van der Waals surface area contributed by atoms with Crippen LogP contribution in [0.15, 0.2) is 36.4 Å². The lowest BCUT2D eigenvalue weighted by Gasteiger charge is -2.29. The first-order valence-corrected chi connectivity index (χ1v) is 10.3. The summed E-state index contributed by atoms with van der Waals surface area (Å²) in [5.41, 5.74) is 5.14. The second-order valence-corrected chi connectivity index (χ2v) is 8.57. The summed E-state index contributed by atoms with van der Waals surface area (Å²) < 4.78 is 25.4. The van der Waals surface area contributed by atoms with Gasteiger partial charge in [0, 0.05) is 17.9 Å². The zero-order valence-electron chi connectivity index (χ0n) is 15.2. The van der Waals surface area contributed by atoms with E-state index in [2.05, 4.69) is 10.6 Å². The summed E-state index contributed by atoms with van der Waals surface area (Å²) in [6, 6.07) is 10.7. The second-order valence-electron chi connectivity index (χ2n) is 6.66. The number of aryl methyl sites for hydroxylation is 3. The summed E-state index contributed by atoms with van der Waals surface area (Å²) in [7, 11) is -3.34. The monoisotopic (exact) mass is 373 g/mol. The topological polar surface area (TPSA) is 78.5 Å². The maximum absolute atomic E-state index is 12.3. The average Bonchev–Trinajstić information content (AvgIpc) is 2.56. The highest BCUT2D eigenvalue weighted by molar-refractivity contribution is 7.92. The van der Waals surface area contributed by atoms with Gasteiger partial charge < -0.3 is 10.6 Å². The third-order valence-electron chi connectivity index (χ3n) is 4.58. The molecule has 6 nitrogen and oxygen atoms in total. The lowest BCUT2D eigenvalue weighted by Crippen LogP contribution is -2.34. The fraction of sp³-hybridized carbons (Fsp3) is 0.316. The summed E-state index contributed by atoms with van der Waals surface area (Å²) in [5, 5.41) is 5.57. The highest BCUT2D eigenvalue weighted by Crippen LogP contribution is 2.31. The minimum absolute atomic E-state index is 0.366. The van der Waals surface area contributed by atoms with Gasteiger partial charge in [0.1, 0.15) is 0 Å². The molecule has 3 rings (SSSR count). The molecule has 0 unspecified atom stereocenters. The second kappa shape index (κ2) is 6.99. The number of urea groups is 1. The molecule has 1 heterocycles. The molecule has 0 spiro atoms. The maximum atomic E-state index is 12.3. The van der Waals surface area contributed by atoms with Crippen molar-refractivity contribution < 1.29 is 13.2 Å². The van der Waals surface area contributed by atoms with Crippen LogP contribution in [0.3, 0.4) is 0 Å². The molecule has 0 bridgehead atoms. The predicted octanol–water partition coefficient (Wildman–Crippen LogP) is 3.66. The number of benzene rings is 2. The van der Waals surface area contributed by atoms with Crippen LogP contribution in [-0.2, 0) is 16.4 Å². The van der Waals surface area contributed by atoms with Gasteiger partial charge in [0.05, 0.1) is 11.9 Å². The summed E-state index contributed by atoms with van der Waals surface area (Å²) in [6.45, 7) is 4.46. The highest BCUT2D eigenvalue weighted by Gasteiger charge is 2.24. The minimum Gasteiger partial charge on any atom is -0.308 e. The molecule has 0 saturated carbocycles. The van der Waals surface area contributed by atoms with Gasteiger partial charge in [-0.1, -0.05) is 12.1 Å². The molecular formula is C19H23N3O3S. The van der Waals surface area contributed by atoms with E-state index in [4.69, 9.17) is 0 Å². The number of anilines is 3. The molecule has 138 valence electrons. The highest BCUT2D eigenvalue weighted by atomic mass is 32.2. The molecule has 0 aromatic heterocycles. The predicted molar refractivity (Wildman–Crippen MR) is 106 cm³/mol. The van der Waals surface area contributed by atoms with Crippen molar-refractivity contribution in [3.05, 3.63) is 53.1 Å². The van der Waals surface area contributed by atoms with E-state index >= 15 is 0 Å². The third-order valence-corrected chi connectivity index (χ3v) is 5.76. The van der Waals surface area contributed by atoms with Crippen LogP contribution < -0.4 is 14.9 Å². The van der Waals surface area contributed by atoms with Crippen molar-refractivity contribution in [1.29, 1.82) is 0 Å². The van der Waals surface area contributed by atoms with Crippen molar-refractivity contribution in [3.8, 4) is 0 Å². The molecule has 1 aliphatic heterocycles. The van der Waals surface area contributed by atoms with Crippen LogP contribution in [0.25, 0.3) is 0 Å². The number of carbonyl (C=O) groups is 1. The summed E-state index contributed by atoms with van der Waals surface area (Å²) in [5.74, 6) is 0. The number of rotatable bonds is 3. The van der Waals surface area contributed by atoms with Crippen LogP contribution in [-0.4, -0.2) is 27.2 Å². The number of carbonyl (C=O) groups excluding carboxylic acids is 1. The van der Waals surface area contributed by atoms with Crippen LogP contribution >= 0.6 is 0 Å². The summed E-state index contributed by atoms with van der Waals surface area (Å²) in [4.78, 5) is 12.3. The van der Waals surface area contributed by atoms with Gasteiger partial charge in [-0.2, -0.15) is 0 Å². The van der Waals surface area contributed by atoms with E-state index in [9.17, 15) is 13.2 Å². The Hall–Kier alpha value is -2.54. The molecule has 1 aliphatic rings. The Bertz CT molecular complexity index is 954. The van der Waals surface area contributed by atoms with Crippen LogP contribution in [0.4, 0.5) is 21.9 Å². The first-order chi connectivity index (χ1) is 12.2. The van der Waals surface area contributed by atoms with Crippen LogP contribution in [0.1, 0.15) is 23.1 Å². The van der Waals surface area contributed by atoms with Crippen LogP contribution in [0.5, 0.6) is 0 Å². The van der Waals surface area contributed by atoms with Gasteiger partial charge in [-0.05, 0) is 67.6 Å². The van der Waals surface area contributed by atoms with Crippen LogP contribution in [0, 0.1) is 13.8 Å². The van der Waals surface area contributed by atoms with E-state index in [1.165, 1.54) is 10.6 Å². The first kappa shape index (κ1) is 18.3. The standard InChI is InChI=1S/C19H23N3O3S/c1-13-6-8-16(11-14(13)2)20-19(23)21-17-9-7-15-5-4-10-22(18(15)12-17)26(3,24)25/h6-9,11-12H,4-5,10H2,1-3H3,(H2,20,21,23). The van der Waals surface area contributed by atoms with E-state index in [1.807, 2.05) is 38.1 Å². The number of nitrogens with one attached hydrogen (secondary N) is 2. The molecule has 0 saturated heterocycles. The lowest BCUT2D eigenvalue weighted by atomic mass is 10.0. The number of fused-ring (bicyclic) bond motifs is 1. The quantitative estimate of drug-likeness (QED) is 0.862. The van der Waals surface area contributed by atoms with E-state index in [1.54, 1.807) is 12.1 Å². The van der Waals surface area contributed by atoms with Gasteiger partial charge in [-0.15, -0.1) is 0 Å². The SMILES string of the molecule is Cc1ccc(NC(=O)Nc2ccc3c(c2)N(S(C)(=O)=O)CCC3)cc1C. The third kappa shape index (κ3) is 3.99. The van der Waals surface area contributed by atoms with E-state index in [0.717, 1.165) is 29.5 Å². The van der Waals surface area contributed by atoms with E-state index in [0.29, 0.717) is 23.6 Å². The number of hydrogen-bond donors (Lipinski definition) is 2. The molecule has 0 atom stereocenters. The summed E-state index contributed by atoms with van der Waals surface area (Å²) in [6.07, 6.45) is 2.82. The molecule has 7 heteroatoms. The Balaban J connectivity index is 1.78. The Labute approximate surface area is 154 Å². The zero-order valence-corrected chi connectivity index (χ0v) is 16.0. The van der Waals surface area contributed by atoms with Crippen molar-refractivity contribution in [2.45, 2.75) is 26.7 Å². The average molecular weight is 373 g/mol. The molecule has 0 radical (unpaired) electrons. The van der Waals surface area contributed by atoms with Gasteiger partial charge in [-0.25, -0.2) is 13.2 Å². The number of sulfonamides is 1. The lowest BCUT2D eigenvalue weighted by molar-refractivity contribution is 0.262. The fourth-order valence-corrected chi connectivity index (χ4v) is 4.06. The smallest absolute Gasteiger partial charge is 0.308 e. The largest absolute Gasteiger partial charge is 0.323 e. The number of nitrogens with zero attached hydrogens (tertiary/aromatic N) is 1. The molecule has 2 aromatic carbocycles. The van der Waals surface area contributed by atoms with Crippen molar-refractivity contribution in [3.63, 3.8) is 0 Å². The molecule has 0 aliphatic carbocycles. The molecular weight excluding hydrogens is 350 g/mol. The Morgan fingerprint density at radius 2 is 1.65 bits per heavy atom. The normalized spacial score (nSPS) is 13.9. The van der Waals surface area contributed by atoms with Gasteiger partial charge in [0.2, 0.25) is 10.0 Å². The van der Waals surface area contributed by atoms with Gasteiger partial charge in [-0.3, -0.25) is 4.31 Å². The van der Waals surface area contributed by atoms with Gasteiger partial charge >= 0.3 is 6.03 Å².